The summed E-state index contributed by atoms with van der Waals surface area (Å²) in [5.41, 5.74) is 6.33. The lowest BCUT2D eigenvalue weighted by molar-refractivity contribution is -0.127. The van der Waals surface area contributed by atoms with Gasteiger partial charge in [0.1, 0.15) is 11.3 Å². The van der Waals surface area contributed by atoms with Crippen LogP contribution in [0.5, 0.6) is 0 Å². The monoisotopic (exact) mass is 384 g/mol. The molecule has 0 aliphatic rings. The molecule has 0 aliphatic carbocycles. The van der Waals surface area contributed by atoms with Crippen molar-refractivity contribution in [3.63, 3.8) is 0 Å². The highest BCUT2D eigenvalue weighted by Gasteiger charge is 2.25. The van der Waals surface area contributed by atoms with E-state index in [-0.39, 0.29) is 5.56 Å². The Labute approximate surface area is 158 Å². The van der Waals surface area contributed by atoms with E-state index in [9.17, 15) is 14.4 Å². The molecule has 0 saturated heterocycles. The summed E-state index contributed by atoms with van der Waals surface area (Å²) in [6.07, 6.45) is 0.354. The highest BCUT2D eigenvalue weighted by Crippen LogP contribution is 2.28. The molecule has 9 heteroatoms. The lowest BCUT2D eigenvalue weighted by Crippen LogP contribution is -2.42. The van der Waals surface area contributed by atoms with Crippen molar-refractivity contribution in [1.29, 1.82) is 0 Å². The molecule has 3 N–H and O–H groups in total. The van der Waals surface area contributed by atoms with Gasteiger partial charge >= 0.3 is 12.0 Å². The van der Waals surface area contributed by atoms with Gasteiger partial charge in [0, 0.05) is 6.20 Å². The molecule has 3 amide bonds. The second-order valence-corrected chi connectivity index (χ2v) is 6.50. The summed E-state index contributed by atoms with van der Waals surface area (Å²) >= 11 is 1.43. The van der Waals surface area contributed by atoms with Gasteiger partial charge in [-0.05, 0) is 30.5 Å². The van der Waals surface area contributed by atoms with Gasteiger partial charge in [-0.2, -0.15) is 5.10 Å². The molecule has 3 rings (SSSR count). The molecule has 0 spiro atoms. The first-order valence-corrected chi connectivity index (χ1v) is 8.84. The number of imide groups is 1. The Hall–Kier alpha value is -3.46. The zero-order chi connectivity index (χ0) is 19.4. The number of hydrogen-bond donors (Lipinski definition) is 2. The van der Waals surface area contributed by atoms with E-state index in [2.05, 4.69) is 5.10 Å². The number of primary amides is 1. The molecular weight excluding hydrogens is 368 g/mol. The van der Waals surface area contributed by atoms with E-state index in [0.29, 0.717) is 5.69 Å². The number of para-hydroxylation sites is 1. The third-order valence-corrected chi connectivity index (χ3v) is 4.49. The summed E-state index contributed by atoms with van der Waals surface area (Å²) < 4.78 is 6.75. The summed E-state index contributed by atoms with van der Waals surface area (Å²) in [6.45, 7) is 1.35. The van der Waals surface area contributed by atoms with Crippen LogP contribution in [-0.2, 0) is 9.53 Å². The van der Waals surface area contributed by atoms with Crippen LogP contribution in [-0.4, -0.2) is 33.8 Å². The van der Waals surface area contributed by atoms with Crippen molar-refractivity contribution < 1.29 is 19.1 Å². The number of rotatable bonds is 5. The highest BCUT2D eigenvalue weighted by molar-refractivity contribution is 7.13. The molecular formula is C18H16N4O4S. The maximum atomic E-state index is 12.6. The molecule has 0 saturated carbocycles. The minimum atomic E-state index is -1.19. The van der Waals surface area contributed by atoms with Gasteiger partial charge in [-0.15, -0.1) is 11.3 Å². The van der Waals surface area contributed by atoms with E-state index in [1.54, 1.807) is 10.9 Å². The largest absolute Gasteiger partial charge is 0.449 e. The fourth-order valence-corrected chi connectivity index (χ4v) is 3.06. The van der Waals surface area contributed by atoms with Crippen molar-refractivity contribution in [3.8, 4) is 16.3 Å². The van der Waals surface area contributed by atoms with Crippen molar-refractivity contribution in [1.82, 2.24) is 15.1 Å². The third kappa shape index (κ3) is 4.21. The number of aromatic nitrogens is 2. The molecule has 1 atom stereocenters. The molecule has 1 aromatic carbocycles. The quantitative estimate of drug-likeness (QED) is 0.655. The van der Waals surface area contributed by atoms with Gasteiger partial charge in [-0.1, -0.05) is 24.3 Å². The van der Waals surface area contributed by atoms with Crippen molar-refractivity contribution >= 4 is 29.2 Å². The predicted molar refractivity (Wildman–Crippen MR) is 99.5 cm³/mol. The molecule has 2 aromatic heterocycles. The van der Waals surface area contributed by atoms with Crippen LogP contribution in [0.25, 0.3) is 16.3 Å². The van der Waals surface area contributed by atoms with E-state index in [0.717, 1.165) is 10.6 Å². The Morgan fingerprint density at radius 1 is 1.19 bits per heavy atom. The van der Waals surface area contributed by atoms with Gasteiger partial charge in [0.05, 0.1) is 10.6 Å². The molecule has 2 heterocycles. The third-order valence-electron chi connectivity index (χ3n) is 3.61. The molecule has 0 radical (unpaired) electrons. The molecule has 0 fully saturated rings. The predicted octanol–water partition coefficient (Wildman–Crippen LogP) is 2.34. The van der Waals surface area contributed by atoms with E-state index in [1.807, 2.05) is 53.2 Å². The first-order valence-electron chi connectivity index (χ1n) is 7.96. The Bertz CT molecular complexity index is 967. The fourth-order valence-electron chi connectivity index (χ4n) is 2.33. The number of esters is 1. The van der Waals surface area contributed by atoms with Gasteiger partial charge in [0.2, 0.25) is 0 Å². The molecule has 3 aromatic rings. The molecule has 1 unspecified atom stereocenters. The SMILES string of the molecule is CC(OC(=O)c1cn(-c2ccccc2)nc1-c1cccs1)C(=O)NC(N)=O. The second-order valence-electron chi connectivity index (χ2n) is 5.55. The minimum Gasteiger partial charge on any atom is -0.449 e. The van der Waals surface area contributed by atoms with Gasteiger partial charge in [-0.3, -0.25) is 10.1 Å². The Balaban J connectivity index is 1.91. The first-order chi connectivity index (χ1) is 13.0. The number of amides is 3. The van der Waals surface area contributed by atoms with Gasteiger partial charge in [0.15, 0.2) is 6.10 Å². The maximum absolute atomic E-state index is 12.6. The van der Waals surface area contributed by atoms with Crippen LogP contribution in [0.3, 0.4) is 0 Å². The second kappa shape index (κ2) is 7.83. The van der Waals surface area contributed by atoms with E-state index in [1.165, 1.54) is 18.3 Å². The van der Waals surface area contributed by atoms with Gasteiger partial charge in [0.25, 0.3) is 5.91 Å². The summed E-state index contributed by atoms with van der Waals surface area (Å²) in [7, 11) is 0. The number of thiophene rings is 1. The molecule has 27 heavy (non-hydrogen) atoms. The lowest BCUT2D eigenvalue weighted by atomic mass is 10.2. The van der Waals surface area contributed by atoms with Crippen molar-refractivity contribution in [3.05, 3.63) is 59.6 Å². The van der Waals surface area contributed by atoms with Crippen LogP contribution in [0.2, 0.25) is 0 Å². The number of nitrogens with zero attached hydrogens (tertiary/aromatic N) is 2. The van der Waals surface area contributed by atoms with Crippen molar-refractivity contribution in [2.24, 2.45) is 5.73 Å². The Kier molecular flexibility index (Phi) is 5.32. The van der Waals surface area contributed by atoms with Crippen LogP contribution in [0, 0.1) is 0 Å². The summed E-state index contributed by atoms with van der Waals surface area (Å²) in [5, 5.41) is 8.24. The average molecular weight is 384 g/mol. The number of ether oxygens (including phenoxy) is 1. The smallest absolute Gasteiger partial charge is 0.342 e. The summed E-state index contributed by atoms with van der Waals surface area (Å²) in [4.78, 5) is 36.0. The van der Waals surface area contributed by atoms with Crippen LogP contribution in [0.15, 0.2) is 54.0 Å². The highest BCUT2D eigenvalue weighted by atomic mass is 32.1. The number of nitrogens with two attached hydrogens (primary N) is 1. The first kappa shape index (κ1) is 18.3. The topological polar surface area (TPSA) is 116 Å². The summed E-state index contributed by atoms with van der Waals surface area (Å²) in [5.74, 6) is -1.53. The Morgan fingerprint density at radius 2 is 1.93 bits per heavy atom. The number of carbonyl (C=O) groups is 3. The molecule has 138 valence electrons. The van der Waals surface area contributed by atoms with Gasteiger partial charge in [-0.25, -0.2) is 14.3 Å². The average Bonchev–Trinajstić information content (AvgIpc) is 3.31. The van der Waals surface area contributed by atoms with Crippen LogP contribution < -0.4 is 11.1 Å². The number of benzene rings is 1. The van der Waals surface area contributed by atoms with Gasteiger partial charge < -0.3 is 10.5 Å². The maximum Gasteiger partial charge on any atom is 0.342 e. The zero-order valence-electron chi connectivity index (χ0n) is 14.3. The van der Waals surface area contributed by atoms with Crippen molar-refractivity contribution in [2.75, 3.05) is 0 Å². The molecule has 0 aliphatic heterocycles. The lowest BCUT2D eigenvalue weighted by Gasteiger charge is -2.11. The number of hydrogen-bond acceptors (Lipinski definition) is 6. The molecule has 0 bridgehead atoms. The fraction of sp³-hybridized carbons (Fsp3) is 0.111. The minimum absolute atomic E-state index is 0.208. The standard InChI is InChI=1S/C18H16N4O4S/c1-11(16(23)20-18(19)25)26-17(24)13-10-22(12-6-3-2-4-7-12)21-15(13)14-8-5-9-27-14/h2-11H,1H3,(H3,19,20,23,25). The van der Waals surface area contributed by atoms with Crippen LogP contribution in [0.1, 0.15) is 17.3 Å². The normalized spacial score (nSPS) is 11.6. The Morgan fingerprint density at radius 3 is 2.56 bits per heavy atom. The number of carbonyl (C=O) groups excluding carboxylic acids is 3. The summed E-state index contributed by atoms with van der Waals surface area (Å²) in [6, 6.07) is 12.0. The van der Waals surface area contributed by atoms with E-state index >= 15 is 0 Å². The molecule has 8 nitrogen and oxygen atoms in total. The van der Waals surface area contributed by atoms with Crippen LogP contribution >= 0.6 is 11.3 Å². The van der Waals surface area contributed by atoms with Crippen molar-refractivity contribution in [2.45, 2.75) is 13.0 Å². The van der Waals surface area contributed by atoms with E-state index < -0.39 is 24.0 Å². The zero-order valence-corrected chi connectivity index (χ0v) is 15.1. The number of urea groups is 1. The number of nitrogens with one attached hydrogen (secondary N) is 1. The van der Waals surface area contributed by atoms with Crippen LogP contribution in [0.4, 0.5) is 4.79 Å². The van der Waals surface area contributed by atoms with E-state index in [4.69, 9.17) is 10.5 Å².